The Bertz CT molecular complexity index is 1490. The summed E-state index contributed by atoms with van der Waals surface area (Å²) in [7, 11) is 0. The van der Waals surface area contributed by atoms with E-state index in [1.807, 2.05) is 60.7 Å². The lowest BCUT2D eigenvalue weighted by molar-refractivity contribution is -0.151. The van der Waals surface area contributed by atoms with Crippen LogP contribution in [0.2, 0.25) is 0 Å². The summed E-state index contributed by atoms with van der Waals surface area (Å²) in [5.41, 5.74) is 2.29. The van der Waals surface area contributed by atoms with Gasteiger partial charge in [-0.2, -0.15) is 0 Å². The van der Waals surface area contributed by atoms with Gasteiger partial charge >= 0.3 is 12.1 Å². The van der Waals surface area contributed by atoms with Gasteiger partial charge in [-0.05, 0) is 16.7 Å². The molecule has 2 aliphatic heterocycles. The first-order chi connectivity index (χ1) is 21.3. The molecule has 2 heterocycles. The molecule has 12 heteroatoms. The topological polar surface area (TPSA) is 133 Å². The van der Waals surface area contributed by atoms with Crippen LogP contribution in [0.15, 0.2) is 91.0 Å². The minimum Gasteiger partial charge on any atom is -0.475 e. The maximum absolute atomic E-state index is 14.3. The van der Waals surface area contributed by atoms with Crippen molar-refractivity contribution in [2.45, 2.75) is 36.5 Å². The Morgan fingerprint density at radius 3 is 2.09 bits per heavy atom. The Morgan fingerprint density at radius 1 is 0.841 bits per heavy atom. The number of aliphatic carboxylic acids is 1. The molecule has 1 unspecified atom stereocenters. The van der Waals surface area contributed by atoms with Gasteiger partial charge in [-0.15, -0.1) is 23.5 Å². The number of hydrogen-bond donors (Lipinski definition) is 2. The van der Waals surface area contributed by atoms with Crippen molar-refractivity contribution in [1.29, 1.82) is 0 Å². The lowest BCUT2D eigenvalue weighted by Gasteiger charge is -2.34. The molecule has 228 valence electrons. The third-order valence-corrected chi connectivity index (χ3v) is 9.71. The second kappa shape index (κ2) is 14.5. The molecule has 2 N–H and O–H groups in total. The normalized spacial score (nSPS) is 20.1. The lowest BCUT2D eigenvalue weighted by Crippen LogP contribution is -2.57. The number of amides is 3. The summed E-state index contributed by atoms with van der Waals surface area (Å²) in [6.45, 7) is 0.0550. The number of rotatable bonds is 10. The average molecular weight is 634 g/mol. The summed E-state index contributed by atoms with van der Waals surface area (Å²) in [4.78, 5) is 68.3. The van der Waals surface area contributed by atoms with Crippen molar-refractivity contribution in [2.24, 2.45) is 0 Å². The highest BCUT2D eigenvalue weighted by molar-refractivity contribution is 8.00. The van der Waals surface area contributed by atoms with Gasteiger partial charge in [0, 0.05) is 17.9 Å². The zero-order valence-electron chi connectivity index (χ0n) is 23.6. The van der Waals surface area contributed by atoms with Crippen molar-refractivity contribution in [3.8, 4) is 0 Å². The third-order valence-electron chi connectivity index (χ3n) is 7.38. The summed E-state index contributed by atoms with van der Waals surface area (Å²) < 4.78 is 5.52. The predicted molar refractivity (Wildman–Crippen MR) is 167 cm³/mol. The number of ether oxygens (including phenoxy) is 1. The Hall–Kier alpha value is -4.29. The average Bonchev–Trinajstić information content (AvgIpc) is 3.73. The van der Waals surface area contributed by atoms with Gasteiger partial charge < -0.3 is 20.1 Å². The molecular weight excluding hydrogens is 603 g/mol. The van der Waals surface area contributed by atoms with Gasteiger partial charge in [-0.1, -0.05) is 91.0 Å². The molecule has 44 heavy (non-hydrogen) atoms. The number of thioether (sulfide) groups is 2. The molecule has 0 spiro atoms. The van der Waals surface area contributed by atoms with Crippen molar-refractivity contribution in [3.63, 3.8) is 0 Å². The van der Waals surface area contributed by atoms with Gasteiger partial charge in [0.15, 0.2) is 0 Å². The molecule has 3 aromatic carbocycles. The van der Waals surface area contributed by atoms with Crippen LogP contribution in [-0.4, -0.2) is 80.1 Å². The first kappa shape index (κ1) is 31.1. The summed E-state index contributed by atoms with van der Waals surface area (Å²) in [6, 6.07) is 24.1. The molecule has 2 fully saturated rings. The number of carboxylic acids is 1. The molecule has 3 amide bonds. The van der Waals surface area contributed by atoms with E-state index in [2.05, 4.69) is 5.32 Å². The molecule has 0 aliphatic carbocycles. The smallest absolute Gasteiger partial charge is 0.411 e. The van der Waals surface area contributed by atoms with Gasteiger partial charge in [-0.25, -0.2) is 9.59 Å². The van der Waals surface area contributed by atoms with Gasteiger partial charge in [0.1, 0.15) is 30.1 Å². The van der Waals surface area contributed by atoms with E-state index in [9.17, 15) is 29.1 Å². The Kier molecular flexibility index (Phi) is 10.2. The van der Waals surface area contributed by atoms with Crippen LogP contribution in [0.5, 0.6) is 0 Å². The van der Waals surface area contributed by atoms with E-state index in [1.165, 1.54) is 33.3 Å². The van der Waals surface area contributed by atoms with Crippen molar-refractivity contribution in [3.05, 3.63) is 108 Å². The highest BCUT2D eigenvalue weighted by atomic mass is 32.2. The Balaban J connectivity index is 1.37. The van der Waals surface area contributed by atoms with Crippen LogP contribution in [0.4, 0.5) is 4.79 Å². The van der Waals surface area contributed by atoms with E-state index in [-0.39, 0.29) is 24.7 Å². The van der Waals surface area contributed by atoms with Gasteiger partial charge in [0.25, 0.3) is 5.78 Å². The Morgan fingerprint density at radius 2 is 1.45 bits per heavy atom. The van der Waals surface area contributed by atoms with Gasteiger partial charge in [-0.3, -0.25) is 19.3 Å². The van der Waals surface area contributed by atoms with Crippen LogP contribution in [0.25, 0.3) is 0 Å². The zero-order chi connectivity index (χ0) is 31.1. The maximum atomic E-state index is 14.3. The fraction of sp³-hybridized carbons (Fsp3) is 0.281. The van der Waals surface area contributed by atoms with E-state index in [1.54, 1.807) is 30.3 Å². The summed E-state index contributed by atoms with van der Waals surface area (Å²) in [5, 5.41) is 11.5. The number of Topliss-reactive ketones (excluding diaryl/α,β-unsaturated/α-hetero) is 1. The maximum Gasteiger partial charge on any atom is 0.411 e. The van der Waals surface area contributed by atoms with Crippen molar-refractivity contribution < 1.29 is 33.8 Å². The molecule has 3 aromatic rings. The lowest BCUT2D eigenvalue weighted by atomic mass is 10.0. The fourth-order valence-corrected chi connectivity index (χ4v) is 7.70. The molecule has 4 atom stereocenters. The summed E-state index contributed by atoms with van der Waals surface area (Å²) >= 11 is 2.80. The third kappa shape index (κ3) is 7.25. The highest BCUT2D eigenvalue weighted by Crippen LogP contribution is 2.43. The molecule has 0 aromatic heterocycles. The van der Waals surface area contributed by atoms with Gasteiger partial charge in [0.2, 0.25) is 11.8 Å². The second-order valence-corrected chi connectivity index (χ2v) is 12.4. The summed E-state index contributed by atoms with van der Waals surface area (Å²) in [5.74, 6) is -3.07. The summed E-state index contributed by atoms with van der Waals surface area (Å²) in [6.07, 6.45) is -0.648. The van der Waals surface area contributed by atoms with Crippen LogP contribution >= 0.6 is 23.5 Å². The van der Waals surface area contributed by atoms with Gasteiger partial charge in [0.05, 0.1) is 5.88 Å². The SMILES string of the molecule is O=C(O)C(=O)[C@H](Cc1ccccc1)NC(=O)[C@@H]1CSC(c2ccccc2)N1C(=O)[C@@H]1CSCN1C(=O)OCc1ccccc1. The minimum absolute atomic E-state index is 0.0199. The van der Waals surface area contributed by atoms with E-state index >= 15 is 0 Å². The molecular formula is C32H31N3O7S2. The minimum atomic E-state index is -1.66. The molecule has 2 aliphatic rings. The molecule has 2 saturated heterocycles. The van der Waals surface area contributed by atoms with Crippen LogP contribution in [0.1, 0.15) is 22.1 Å². The zero-order valence-corrected chi connectivity index (χ0v) is 25.2. The molecule has 10 nitrogen and oxygen atoms in total. The largest absolute Gasteiger partial charge is 0.475 e. The number of carbonyl (C=O) groups excluding carboxylic acids is 4. The van der Waals surface area contributed by atoms with Crippen molar-refractivity contribution in [2.75, 3.05) is 17.4 Å². The molecule has 0 radical (unpaired) electrons. The number of carbonyl (C=O) groups is 5. The van der Waals surface area contributed by atoms with Crippen molar-refractivity contribution in [1.82, 2.24) is 15.1 Å². The number of hydrogen-bond acceptors (Lipinski definition) is 8. The van der Waals surface area contributed by atoms with Crippen LogP contribution in [-0.2, 0) is 36.9 Å². The molecule has 5 rings (SSSR count). The quantitative estimate of drug-likeness (QED) is 0.321. The molecule has 0 saturated carbocycles. The number of benzene rings is 3. The van der Waals surface area contributed by atoms with E-state index in [0.29, 0.717) is 11.3 Å². The van der Waals surface area contributed by atoms with Crippen LogP contribution < -0.4 is 5.32 Å². The number of nitrogens with zero attached hydrogens (tertiary/aromatic N) is 2. The Labute approximate surface area is 263 Å². The van der Waals surface area contributed by atoms with Crippen LogP contribution in [0, 0.1) is 0 Å². The number of ketones is 1. The first-order valence-electron chi connectivity index (χ1n) is 14.0. The molecule has 0 bridgehead atoms. The van der Waals surface area contributed by atoms with E-state index < -0.39 is 53.2 Å². The predicted octanol–water partition coefficient (Wildman–Crippen LogP) is 3.72. The number of nitrogens with one attached hydrogen (secondary N) is 1. The number of carboxylic acid groups (broad SMARTS) is 1. The monoisotopic (exact) mass is 633 g/mol. The van der Waals surface area contributed by atoms with E-state index in [4.69, 9.17) is 4.74 Å². The first-order valence-corrected chi connectivity index (χ1v) is 16.2. The van der Waals surface area contributed by atoms with E-state index in [0.717, 1.165) is 11.1 Å². The fourth-order valence-electron chi connectivity index (χ4n) is 5.13. The van der Waals surface area contributed by atoms with Crippen LogP contribution in [0.3, 0.4) is 0 Å². The van der Waals surface area contributed by atoms with Crippen molar-refractivity contribution >= 4 is 53.2 Å². The second-order valence-electron chi connectivity index (χ2n) is 10.3. The highest BCUT2D eigenvalue weighted by Gasteiger charge is 2.48. The standard InChI is InChI=1S/C32H31N3O7S2/c36-27(31(39)40)24(16-21-10-4-1-5-11-21)33-28(37)25-19-44-30(23-14-8-3-9-15-23)35(25)29(38)26-18-43-20-34(26)32(41)42-17-22-12-6-2-7-13-22/h1-15,24-26,30H,16-20H2,(H,33,37)(H,39,40)/t24-,25-,26-,30?/m0/s1.